The Morgan fingerprint density at radius 3 is 2.33 bits per heavy atom. The highest BCUT2D eigenvalue weighted by atomic mass is 14.7. The molecule has 24 heavy (non-hydrogen) atoms. The molecule has 118 valence electrons. The van der Waals surface area contributed by atoms with E-state index < -0.39 is 5.41 Å². The normalized spacial score (nSPS) is 27.9. The van der Waals surface area contributed by atoms with Gasteiger partial charge in [0.2, 0.25) is 0 Å². The Kier molecular flexibility index (Phi) is 3.88. The van der Waals surface area contributed by atoms with Crippen LogP contribution in [0.4, 0.5) is 0 Å². The Balaban J connectivity index is 2.34. The lowest BCUT2D eigenvalue weighted by atomic mass is 9.56. The molecule has 3 rings (SSSR count). The number of allylic oxidation sites excluding steroid dienone is 4. The lowest BCUT2D eigenvalue weighted by Gasteiger charge is -2.44. The van der Waals surface area contributed by atoms with Gasteiger partial charge in [0.05, 0.1) is 23.4 Å². The minimum atomic E-state index is -1.50. The lowest BCUT2D eigenvalue weighted by molar-refractivity contribution is 0.303. The Hall–Kier alpha value is -3.03. The van der Waals surface area contributed by atoms with Crippen LogP contribution in [0.1, 0.15) is 31.2 Å². The van der Waals surface area contributed by atoms with E-state index in [2.05, 4.69) is 31.2 Å². The highest BCUT2D eigenvalue weighted by Gasteiger charge is 2.53. The van der Waals surface area contributed by atoms with Gasteiger partial charge in [-0.3, -0.25) is 0 Å². The summed E-state index contributed by atoms with van der Waals surface area (Å²) < 4.78 is 0. The van der Waals surface area contributed by atoms with Crippen LogP contribution >= 0.6 is 0 Å². The topological polar surface area (TPSA) is 97.4 Å². The monoisotopic (exact) mass is 314 g/mol. The van der Waals surface area contributed by atoms with Crippen LogP contribution < -0.4 is 5.73 Å². The van der Waals surface area contributed by atoms with Crippen molar-refractivity contribution in [1.82, 2.24) is 0 Å². The predicted molar refractivity (Wildman–Crippen MR) is 89.6 cm³/mol. The third-order valence-corrected chi connectivity index (χ3v) is 5.27. The fourth-order valence-electron chi connectivity index (χ4n) is 4.10. The Morgan fingerprint density at radius 2 is 1.75 bits per heavy atom. The lowest BCUT2D eigenvalue weighted by Crippen LogP contribution is -2.43. The van der Waals surface area contributed by atoms with Crippen LogP contribution in [0.25, 0.3) is 0 Å². The van der Waals surface area contributed by atoms with Gasteiger partial charge in [0.15, 0.2) is 5.41 Å². The molecular formula is C20H18N4. The summed E-state index contributed by atoms with van der Waals surface area (Å²) in [6, 6.07) is 16.1. The van der Waals surface area contributed by atoms with Crippen LogP contribution in [0.3, 0.4) is 0 Å². The van der Waals surface area contributed by atoms with E-state index in [9.17, 15) is 15.8 Å². The summed E-state index contributed by atoms with van der Waals surface area (Å²) in [6.45, 7) is 2.11. The van der Waals surface area contributed by atoms with Crippen molar-refractivity contribution in [2.24, 2.45) is 23.0 Å². The summed E-state index contributed by atoms with van der Waals surface area (Å²) >= 11 is 0. The third-order valence-electron chi connectivity index (χ3n) is 5.27. The summed E-state index contributed by atoms with van der Waals surface area (Å²) in [4.78, 5) is 0. The number of hydrogen-bond acceptors (Lipinski definition) is 4. The van der Waals surface area contributed by atoms with Crippen molar-refractivity contribution >= 4 is 0 Å². The molecule has 3 atom stereocenters. The first kappa shape index (κ1) is 15.9. The molecule has 0 saturated heterocycles. The number of hydrogen-bond donors (Lipinski definition) is 1. The predicted octanol–water partition coefficient (Wildman–Crippen LogP) is 3.53. The fourth-order valence-corrected chi connectivity index (χ4v) is 4.10. The molecule has 0 unspecified atom stereocenters. The SMILES string of the molecule is C[C@@H]1C=C2C(C#N)=C(N)C(C#N)(C#N)[C@H](c3ccccc3)[C@@H]2CC1. The number of nitriles is 3. The van der Waals surface area contributed by atoms with Crippen LogP contribution in [0.15, 0.2) is 53.3 Å². The van der Waals surface area contributed by atoms with Crippen molar-refractivity contribution < 1.29 is 0 Å². The first-order chi connectivity index (χ1) is 11.6. The average Bonchev–Trinajstić information content (AvgIpc) is 2.62. The largest absolute Gasteiger partial charge is 0.399 e. The molecule has 4 nitrogen and oxygen atoms in total. The third kappa shape index (κ3) is 2.10. The molecule has 0 fully saturated rings. The maximum atomic E-state index is 9.88. The molecule has 0 amide bonds. The minimum Gasteiger partial charge on any atom is -0.399 e. The second kappa shape index (κ2) is 5.88. The van der Waals surface area contributed by atoms with E-state index in [-0.39, 0.29) is 17.5 Å². The number of fused-ring (bicyclic) bond motifs is 1. The summed E-state index contributed by atoms with van der Waals surface area (Å²) in [5, 5.41) is 29.4. The molecule has 0 heterocycles. The van der Waals surface area contributed by atoms with Crippen molar-refractivity contribution in [3.8, 4) is 18.2 Å². The smallest absolute Gasteiger partial charge is 0.191 e. The molecule has 4 heteroatoms. The van der Waals surface area contributed by atoms with E-state index in [1.54, 1.807) is 0 Å². The number of rotatable bonds is 1. The van der Waals surface area contributed by atoms with Gasteiger partial charge in [0.25, 0.3) is 0 Å². The molecule has 1 aromatic carbocycles. The zero-order chi connectivity index (χ0) is 17.3. The summed E-state index contributed by atoms with van der Waals surface area (Å²) in [5.41, 5.74) is 6.98. The summed E-state index contributed by atoms with van der Waals surface area (Å²) in [5.74, 6) is -0.0325. The molecule has 0 bridgehead atoms. The van der Waals surface area contributed by atoms with Crippen molar-refractivity contribution in [3.63, 3.8) is 0 Å². The molecule has 0 aromatic heterocycles. The maximum Gasteiger partial charge on any atom is 0.191 e. The van der Waals surface area contributed by atoms with Crippen molar-refractivity contribution in [1.29, 1.82) is 15.8 Å². The molecular weight excluding hydrogens is 296 g/mol. The van der Waals surface area contributed by atoms with Gasteiger partial charge < -0.3 is 5.73 Å². The van der Waals surface area contributed by atoms with E-state index in [1.807, 2.05) is 30.3 Å². The van der Waals surface area contributed by atoms with Crippen LogP contribution in [0, 0.1) is 51.2 Å². The zero-order valence-corrected chi connectivity index (χ0v) is 13.5. The van der Waals surface area contributed by atoms with Gasteiger partial charge >= 0.3 is 0 Å². The van der Waals surface area contributed by atoms with Gasteiger partial charge in [-0.1, -0.05) is 43.3 Å². The molecule has 0 spiro atoms. The first-order valence-electron chi connectivity index (χ1n) is 8.09. The summed E-state index contributed by atoms with van der Waals surface area (Å²) in [7, 11) is 0. The van der Waals surface area contributed by atoms with Crippen molar-refractivity contribution in [2.75, 3.05) is 0 Å². The second-order valence-electron chi connectivity index (χ2n) is 6.60. The van der Waals surface area contributed by atoms with Crippen molar-refractivity contribution in [3.05, 3.63) is 58.8 Å². The fraction of sp³-hybridized carbons (Fsp3) is 0.350. The Bertz CT molecular complexity index is 828. The minimum absolute atomic E-state index is 0.0372. The molecule has 0 aliphatic heterocycles. The molecule has 0 saturated carbocycles. The molecule has 0 radical (unpaired) electrons. The van der Waals surface area contributed by atoms with E-state index >= 15 is 0 Å². The zero-order valence-electron chi connectivity index (χ0n) is 13.5. The number of nitrogens with zero attached hydrogens (tertiary/aromatic N) is 3. The van der Waals surface area contributed by atoms with Crippen molar-refractivity contribution in [2.45, 2.75) is 25.7 Å². The number of benzene rings is 1. The van der Waals surface area contributed by atoms with Gasteiger partial charge in [0, 0.05) is 5.92 Å². The standard InChI is InChI=1S/C20H18N4/c1-13-7-8-15-16(9-13)17(10-21)19(24)20(11-22,12-23)18(15)14-5-3-2-4-6-14/h2-6,9,13,15,18H,7-8,24H2,1H3/t13-,15+,18+/m0/s1. The van der Waals surface area contributed by atoms with Crippen LogP contribution in [0.2, 0.25) is 0 Å². The van der Waals surface area contributed by atoms with Gasteiger partial charge in [-0.25, -0.2) is 0 Å². The van der Waals surface area contributed by atoms with E-state index in [4.69, 9.17) is 5.73 Å². The van der Waals surface area contributed by atoms with Crippen LogP contribution in [-0.4, -0.2) is 0 Å². The van der Waals surface area contributed by atoms with Gasteiger partial charge in [-0.15, -0.1) is 0 Å². The molecule has 2 aliphatic carbocycles. The number of nitrogens with two attached hydrogens (primary N) is 1. The summed E-state index contributed by atoms with van der Waals surface area (Å²) in [6.07, 6.45) is 3.91. The quantitative estimate of drug-likeness (QED) is 0.857. The second-order valence-corrected chi connectivity index (χ2v) is 6.60. The maximum absolute atomic E-state index is 9.88. The molecule has 2 aliphatic rings. The van der Waals surface area contributed by atoms with Gasteiger partial charge in [-0.05, 0) is 35.8 Å². The van der Waals surface area contributed by atoms with Crippen LogP contribution in [0.5, 0.6) is 0 Å². The first-order valence-corrected chi connectivity index (χ1v) is 8.09. The van der Waals surface area contributed by atoms with E-state index in [1.165, 1.54) is 0 Å². The van der Waals surface area contributed by atoms with Gasteiger partial charge in [-0.2, -0.15) is 15.8 Å². The van der Waals surface area contributed by atoms with E-state index in [0.717, 1.165) is 24.0 Å². The highest BCUT2D eigenvalue weighted by Crippen LogP contribution is 2.56. The van der Waals surface area contributed by atoms with E-state index in [0.29, 0.717) is 11.5 Å². The highest BCUT2D eigenvalue weighted by molar-refractivity contribution is 5.59. The Morgan fingerprint density at radius 1 is 1.08 bits per heavy atom. The van der Waals surface area contributed by atoms with Gasteiger partial charge in [0.1, 0.15) is 6.07 Å². The molecule has 2 N–H and O–H groups in total. The Labute approximate surface area is 142 Å². The average molecular weight is 314 g/mol. The van der Waals surface area contributed by atoms with Crippen LogP contribution in [-0.2, 0) is 0 Å². The molecule has 1 aromatic rings.